The molecule has 0 aliphatic carbocycles. The van der Waals surface area contributed by atoms with E-state index in [1.807, 2.05) is 13.0 Å². The maximum atomic E-state index is 12.8. The zero-order valence-electron chi connectivity index (χ0n) is 15.2. The predicted octanol–water partition coefficient (Wildman–Crippen LogP) is 3.22. The number of rotatable bonds is 7. The van der Waals surface area contributed by atoms with Gasteiger partial charge in [0, 0.05) is 13.0 Å². The van der Waals surface area contributed by atoms with Gasteiger partial charge in [-0.1, -0.05) is 44.2 Å². The minimum atomic E-state index is -5.84. The van der Waals surface area contributed by atoms with Gasteiger partial charge in [-0.3, -0.25) is 4.18 Å². The number of methoxy groups -OCH3 is 1. The van der Waals surface area contributed by atoms with Gasteiger partial charge in [0.2, 0.25) is 0 Å². The summed E-state index contributed by atoms with van der Waals surface area (Å²) in [5.41, 5.74) is -4.77. The summed E-state index contributed by atoms with van der Waals surface area (Å²) >= 11 is 0. The highest BCUT2D eigenvalue weighted by molar-refractivity contribution is 7.87. The fraction of sp³-hybridized carbons (Fsp3) is 0.647. The van der Waals surface area contributed by atoms with E-state index in [0.717, 1.165) is 5.56 Å². The lowest BCUT2D eigenvalue weighted by Gasteiger charge is -2.44. The SMILES string of the molecule is CC[C@H]1O[C@@H](OC)[C@H](OS(=O)(=O)C(F)(F)F)[C@@H](OCc2ccccc2)[C@H]1C. The van der Waals surface area contributed by atoms with Crippen molar-refractivity contribution in [2.75, 3.05) is 7.11 Å². The number of hydrogen-bond acceptors (Lipinski definition) is 6. The first kappa shape index (κ1) is 22.1. The fourth-order valence-electron chi connectivity index (χ4n) is 3.01. The van der Waals surface area contributed by atoms with E-state index in [1.165, 1.54) is 7.11 Å². The van der Waals surface area contributed by atoms with E-state index in [-0.39, 0.29) is 12.7 Å². The van der Waals surface area contributed by atoms with Crippen LogP contribution in [0.4, 0.5) is 13.2 Å². The number of ether oxygens (including phenoxy) is 3. The molecule has 154 valence electrons. The smallest absolute Gasteiger partial charge is 0.370 e. The molecule has 27 heavy (non-hydrogen) atoms. The van der Waals surface area contributed by atoms with Crippen LogP contribution >= 0.6 is 0 Å². The molecule has 1 aliphatic rings. The van der Waals surface area contributed by atoms with Crippen LogP contribution in [0.1, 0.15) is 25.8 Å². The molecule has 1 saturated heterocycles. The van der Waals surface area contributed by atoms with Gasteiger partial charge >= 0.3 is 15.6 Å². The molecule has 0 bridgehead atoms. The molecule has 1 aliphatic heterocycles. The average Bonchev–Trinajstić information content (AvgIpc) is 2.61. The lowest BCUT2D eigenvalue weighted by molar-refractivity contribution is -0.279. The van der Waals surface area contributed by atoms with E-state index >= 15 is 0 Å². The molecule has 6 nitrogen and oxygen atoms in total. The van der Waals surface area contributed by atoms with Gasteiger partial charge < -0.3 is 14.2 Å². The Kier molecular flexibility index (Phi) is 7.26. The molecule has 0 saturated carbocycles. The largest absolute Gasteiger partial charge is 0.523 e. The third-order valence-corrected chi connectivity index (χ3v) is 5.49. The Morgan fingerprint density at radius 1 is 1.15 bits per heavy atom. The molecule has 1 aromatic carbocycles. The number of benzene rings is 1. The lowest BCUT2D eigenvalue weighted by Crippen LogP contribution is -2.57. The van der Waals surface area contributed by atoms with Gasteiger partial charge in [-0.05, 0) is 12.0 Å². The Labute approximate surface area is 156 Å². The van der Waals surface area contributed by atoms with Gasteiger partial charge in [0.1, 0.15) is 0 Å². The van der Waals surface area contributed by atoms with Crippen molar-refractivity contribution >= 4 is 10.1 Å². The van der Waals surface area contributed by atoms with Crippen LogP contribution in [0.2, 0.25) is 0 Å². The van der Waals surface area contributed by atoms with Crippen LogP contribution in [0.3, 0.4) is 0 Å². The van der Waals surface area contributed by atoms with Crippen molar-refractivity contribution in [3.63, 3.8) is 0 Å². The Morgan fingerprint density at radius 3 is 2.30 bits per heavy atom. The molecule has 0 unspecified atom stereocenters. The summed E-state index contributed by atoms with van der Waals surface area (Å²) in [6.07, 6.45) is -3.73. The topological polar surface area (TPSA) is 71.1 Å². The van der Waals surface area contributed by atoms with E-state index in [1.54, 1.807) is 31.2 Å². The Morgan fingerprint density at radius 2 is 1.78 bits per heavy atom. The summed E-state index contributed by atoms with van der Waals surface area (Å²) in [5, 5.41) is 0. The monoisotopic (exact) mass is 412 g/mol. The molecule has 0 radical (unpaired) electrons. The first-order valence-electron chi connectivity index (χ1n) is 8.44. The highest BCUT2D eigenvalue weighted by Gasteiger charge is 2.54. The van der Waals surface area contributed by atoms with Gasteiger partial charge in [0.15, 0.2) is 12.4 Å². The third-order valence-electron chi connectivity index (χ3n) is 4.45. The normalized spacial score (nSPS) is 29.6. The molecule has 2 rings (SSSR count). The summed E-state index contributed by atoms with van der Waals surface area (Å²) in [7, 11) is -4.64. The van der Waals surface area contributed by atoms with Crippen molar-refractivity contribution < 1.29 is 40.0 Å². The van der Waals surface area contributed by atoms with Gasteiger partial charge in [-0.2, -0.15) is 21.6 Å². The van der Waals surface area contributed by atoms with Crippen LogP contribution in [0, 0.1) is 5.92 Å². The predicted molar refractivity (Wildman–Crippen MR) is 90.0 cm³/mol. The molecular weight excluding hydrogens is 389 g/mol. The van der Waals surface area contributed by atoms with Crippen LogP contribution in [-0.2, 0) is 35.1 Å². The summed E-state index contributed by atoms with van der Waals surface area (Å²) in [5.74, 6) is -0.418. The number of hydrogen-bond donors (Lipinski definition) is 0. The third kappa shape index (κ3) is 5.20. The van der Waals surface area contributed by atoms with Crippen molar-refractivity contribution in [3.05, 3.63) is 35.9 Å². The van der Waals surface area contributed by atoms with Crippen molar-refractivity contribution in [2.24, 2.45) is 5.92 Å². The summed E-state index contributed by atoms with van der Waals surface area (Å²) < 4.78 is 82.4. The standard InChI is InChI=1S/C17H23F3O6S/c1-4-13-11(2)14(24-10-12-8-6-5-7-9-12)15(16(23-3)25-13)26-27(21,22)17(18,19)20/h5-9,11,13-16H,4,10H2,1-3H3/t11-,13+,14-,15+,16+/m0/s1. The lowest BCUT2D eigenvalue weighted by atomic mass is 9.89. The summed E-state index contributed by atoms with van der Waals surface area (Å²) in [6, 6.07) is 8.98. The van der Waals surface area contributed by atoms with E-state index < -0.39 is 40.0 Å². The van der Waals surface area contributed by atoms with Crippen molar-refractivity contribution in [2.45, 2.75) is 57.0 Å². The quantitative estimate of drug-likeness (QED) is 0.506. The van der Waals surface area contributed by atoms with Crippen molar-refractivity contribution in [1.29, 1.82) is 0 Å². The first-order chi connectivity index (χ1) is 12.6. The van der Waals surface area contributed by atoms with Crippen molar-refractivity contribution in [3.8, 4) is 0 Å². The first-order valence-corrected chi connectivity index (χ1v) is 9.85. The molecule has 0 spiro atoms. The highest BCUT2D eigenvalue weighted by atomic mass is 32.2. The number of halogens is 3. The zero-order chi connectivity index (χ0) is 20.2. The molecule has 5 atom stereocenters. The molecule has 10 heteroatoms. The molecule has 1 heterocycles. The van der Waals surface area contributed by atoms with Gasteiger partial charge in [-0.25, -0.2) is 0 Å². The van der Waals surface area contributed by atoms with Crippen molar-refractivity contribution in [1.82, 2.24) is 0 Å². The Balaban J connectivity index is 2.28. The fourth-order valence-corrected chi connectivity index (χ4v) is 3.61. The minimum absolute atomic E-state index is 0.0780. The molecule has 0 N–H and O–H groups in total. The van der Waals surface area contributed by atoms with E-state index in [0.29, 0.717) is 6.42 Å². The zero-order valence-corrected chi connectivity index (χ0v) is 16.0. The number of alkyl halides is 3. The van der Waals surface area contributed by atoms with E-state index in [4.69, 9.17) is 14.2 Å². The minimum Gasteiger partial charge on any atom is -0.370 e. The molecule has 0 amide bonds. The second-order valence-electron chi connectivity index (χ2n) is 6.27. The average molecular weight is 412 g/mol. The Hall–Kier alpha value is -1.20. The van der Waals surface area contributed by atoms with Crippen LogP contribution in [0.15, 0.2) is 30.3 Å². The van der Waals surface area contributed by atoms with Crippen LogP contribution in [-0.4, -0.2) is 45.6 Å². The van der Waals surface area contributed by atoms with Crippen LogP contribution < -0.4 is 0 Å². The Bertz CT molecular complexity index is 694. The molecule has 0 aromatic heterocycles. The van der Waals surface area contributed by atoms with Crippen LogP contribution in [0.5, 0.6) is 0 Å². The molecule has 1 fully saturated rings. The maximum absolute atomic E-state index is 12.8. The van der Waals surface area contributed by atoms with Crippen LogP contribution in [0.25, 0.3) is 0 Å². The summed E-state index contributed by atoms with van der Waals surface area (Å²) in [4.78, 5) is 0. The maximum Gasteiger partial charge on any atom is 0.523 e. The van der Waals surface area contributed by atoms with Gasteiger partial charge in [0.05, 0.1) is 18.8 Å². The second-order valence-corrected chi connectivity index (χ2v) is 7.83. The second kappa shape index (κ2) is 8.87. The highest BCUT2D eigenvalue weighted by Crippen LogP contribution is 2.36. The van der Waals surface area contributed by atoms with E-state index in [9.17, 15) is 21.6 Å². The van der Waals surface area contributed by atoms with Gasteiger partial charge in [-0.15, -0.1) is 0 Å². The molecule has 1 aromatic rings. The summed E-state index contributed by atoms with van der Waals surface area (Å²) in [6.45, 7) is 3.64. The molecular formula is C17H23F3O6S. The van der Waals surface area contributed by atoms with E-state index in [2.05, 4.69) is 4.18 Å². The van der Waals surface area contributed by atoms with Gasteiger partial charge in [0.25, 0.3) is 0 Å².